The molecule has 1 heterocycles. The van der Waals surface area contributed by atoms with E-state index in [0.29, 0.717) is 39.2 Å². The summed E-state index contributed by atoms with van der Waals surface area (Å²) in [4.78, 5) is 21.3. The largest absolute Gasteiger partial charge is 0.395 e. The summed E-state index contributed by atoms with van der Waals surface area (Å²) < 4.78 is 26.9. The van der Waals surface area contributed by atoms with Gasteiger partial charge in [-0.1, -0.05) is 0 Å². The molecule has 2 amide bonds. The lowest BCUT2D eigenvalue weighted by Gasteiger charge is -2.12. The van der Waals surface area contributed by atoms with Crippen molar-refractivity contribution in [3.8, 4) is 22.5 Å². The molecule has 4 aromatic rings. The number of aliphatic hydroxyl groups is 1. The van der Waals surface area contributed by atoms with Crippen molar-refractivity contribution in [1.82, 2.24) is 15.3 Å². The van der Waals surface area contributed by atoms with Crippen LogP contribution in [-0.4, -0.2) is 34.3 Å². The maximum atomic E-state index is 13.4. The Morgan fingerprint density at radius 2 is 1.35 bits per heavy atom. The van der Waals surface area contributed by atoms with Crippen LogP contribution in [0.15, 0.2) is 66.7 Å². The summed E-state index contributed by atoms with van der Waals surface area (Å²) in [6.45, 7) is -0.0290. The Hall–Kier alpha value is -3.91. The fourth-order valence-electron chi connectivity index (χ4n) is 3.09. The number of aromatic nitrogens is 2. The number of rotatable bonds is 5. The van der Waals surface area contributed by atoms with Gasteiger partial charge in [-0.15, -0.1) is 0 Å². The number of nitrogens with zero attached hydrogens (tertiary/aromatic N) is 2. The van der Waals surface area contributed by atoms with Crippen LogP contribution in [0, 0.1) is 11.6 Å². The smallest absolute Gasteiger partial charge is 0.319 e. The zero-order chi connectivity index (χ0) is 21.8. The first-order valence-electron chi connectivity index (χ1n) is 9.53. The summed E-state index contributed by atoms with van der Waals surface area (Å²) in [6.07, 6.45) is 0. The number of fused-ring (bicyclic) bond motifs is 1. The standard InChI is InChI=1S/C23H18F2N4O2/c24-16-5-1-14(2-6-16)21-22(15-3-7-17(25)8-4-15)29-20-13-18(9-10-19(20)28-21)27-23(31)26-11-12-30/h1-10,13,30H,11-12H2,(H2,26,27,31). The first-order valence-corrected chi connectivity index (χ1v) is 9.53. The highest BCUT2D eigenvalue weighted by Gasteiger charge is 2.14. The van der Waals surface area contributed by atoms with Gasteiger partial charge in [-0.2, -0.15) is 0 Å². The molecule has 0 saturated heterocycles. The first kappa shape index (κ1) is 20.4. The Kier molecular flexibility index (Phi) is 5.81. The van der Waals surface area contributed by atoms with E-state index in [1.165, 1.54) is 24.3 Å². The van der Waals surface area contributed by atoms with E-state index in [-0.39, 0.29) is 24.8 Å². The topological polar surface area (TPSA) is 87.1 Å². The number of aliphatic hydroxyl groups excluding tert-OH is 1. The highest BCUT2D eigenvalue weighted by molar-refractivity contribution is 5.93. The number of amides is 2. The average Bonchev–Trinajstić information content (AvgIpc) is 2.78. The summed E-state index contributed by atoms with van der Waals surface area (Å²) in [6, 6.07) is 16.4. The molecular formula is C23H18F2N4O2. The molecule has 0 radical (unpaired) electrons. The lowest BCUT2D eigenvalue weighted by atomic mass is 10.0. The van der Waals surface area contributed by atoms with E-state index in [4.69, 9.17) is 15.1 Å². The van der Waals surface area contributed by atoms with E-state index in [9.17, 15) is 13.6 Å². The van der Waals surface area contributed by atoms with Crippen LogP contribution in [-0.2, 0) is 0 Å². The number of hydrogen-bond acceptors (Lipinski definition) is 4. The summed E-state index contributed by atoms with van der Waals surface area (Å²) in [5.41, 5.74) is 3.94. The van der Waals surface area contributed by atoms with Crippen molar-refractivity contribution in [3.63, 3.8) is 0 Å². The van der Waals surface area contributed by atoms with E-state index < -0.39 is 6.03 Å². The lowest BCUT2D eigenvalue weighted by molar-refractivity contribution is 0.245. The number of nitrogens with one attached hydrogen (secondary N) is 2. The molecule has 3 aromatic carbocycles. The molecule has 3 N–H and O–H groups in total. The third-order valence-corrected chi connectivity index (χ3v) is 4.55. The van der Waals surface area contributed by atoms with Gasteiger partial charge in [-0.05, 0) is 66.7 Å². The van der Waals surface area contributed by atoms with Crippen LogP contribution >= 0.6 is 0 Å². The predicted octanol–water partition coefficient (Wildman–Crippen LogP) is 4.36. The van der Waals surface area contributed by atoms with Gasteiger partial charge in [0, 0.05) is 23.4 Å². The molecule has 6 nitrogen and oxygen atoms in total. The molecular weight excluding hydrogens is 402 g/mol. The van der Waals surface area contributed by atoms with Crippen LogP contribution in [0.4, 0.5) is 19.3 Å². The van der Waals surface area contributed by atoms with E-state index in [1.807, 2.05) is 0 Å². The van der Waals surface area contributed by atoms with Crippen molar-refractivity contribution in [2.45, 2.75) is 0 Å². The average molecular weight is 420 g/mol. The fourth-order valence-corrected chi connectivity index (χ4v) is 3.09. The summed E-state index contributed by atoms with van der Waals surface area (Å²) in [5, 5.41) is 14.0. The molecule has 31 heavy (non-hydrogen) atoms. The lowest BCUT2D eigenvalue weighted by Crippen LogP contribution is -2.30. The summed E-state index contributed by atoms with van der Waals surface area (Å²) >= 11 is 0. The number of urea groups is 1. The minimum Gasteiger partial charge on any atom is -0.395 e. The summed E-state index contributed by atoms with van der Waals surface area (Å²) in [7, 11) is 0. The zero-order valence-corrected chi connectivity index (χ0v) is 16.3. The van der Waals surface area contributed by atoms with Gasteiger partial charge >= 0.3 is 6.03 Å². The number of hydrogen-bond donors (Lipinski definition) is 3. The molecule has 0 unspecified atom stereocenters. The number of carbonyl (C=O) groups excluding carboxylic acids is 1. The number of carbonyl (C=O) groups is 1. The van der Waals surface area contributed by atoms with Gasteiger partial charge in [0.05, 0.1) is 29.0 Å². The summed E-state index contributed by atoms with van der Waals surface area (Å²) in [5.74, 6) is -0.739. The maximum Gasteiger partial charge on any atom is 0.319 e. The first-order chi connectivity index (χ1) is 15.0. The van der Waals surface area contributed by atoms with Gasteiger partial charge in [0.15, 0.2) is 0 Å². The van der Waals surface area contributed by atoms with Crippen LogP contribution in [0.2, 0.25) is 0 Å². The van der Waals surface area contributed by atoms with Gasteiger partial charge in [0.1, 0.15) is 11.6 Å². The van der Waals surface area contributed by atoms with Crippen molar-refractivity contribution < 1.29 is 18.7 Å². The molecule has 0 aliphatic carbocycles. The molecule has 0 spiro atoms. The van der Waals surface area contributed by atoms with Crippen LogP contribution in [0.25, 0.3) is 33.5 Å². The van der Waals surface area contributed by atoms with Gasteiger partial charge in [0.25, 0.3) is 0 Å². The Morgan fingerprint density at radius 1 is 0.806 bits per heavy atom. The second-order valence-electron chi connectivity index (χ2n) is 6.74. The van der Waals surface area contributed by atoms with Crippen molar-refractivity contribution in [3.05, 3.63) is 78.4 Å². The third kappa shape index (κ3) is 4.65. The quantitative estimate of drug-likeness (QED) is 0.448. The highest BCUT2D eigenvalue weighted by atomic mass is 19.1. The molecule has 0 bridgehead atoms. The Balaban J connectivity index is 1.81. The van der Waals surface area contributed by atoms with Crippen molar-refractivity contribution in [2.75, 3.05) is 18.5 Å². The molecule has 4 rings (SSSR count). The monoisotopic (exact) mass is 420 g/mol. The fraction of sp³-hybridized carbons (Fsp3) is 0.0870. The SMILES string of the molecule is O=C(NCCO)Nc1ccc2nc(-c3ccc(F)cc3)c(-c3ccc(F)cc3)nc2c1. The van der Waals surface area contributed by atoms with Crippen LogP contribution in [0.5, 0.6) is 0 Å². The minimum atomic E-state index is -0.456. The highest BCUT2D eigenvalue weighted by Crippen LogP contribution is 2.32. The Morgan fingerprint density at radius 3 is 1.90 bits per heavy atom. The maximum absolute atomic E-state index is 13.4. The van der Waals surface area contributed by atoms with Crippen molar-refractivity contribution in [2.24, 2.45) is 0 Å². The van der Waals surface area contributed by atoms with Crippen LogP contribution in [0.1, 0.15) is 0 Å². The minimum absolute atomic E-state index is 0.134. The molecule has 0 saturated carbocycles. The number of benzene rings is 3. The number of anilines is 1. The molecule has 0 fully saturated rings. The molecule has 0 aliphatic heterocycles. The van der Waals surface area contributed by atoms with E-state index in [1.54, 1.807) is 42.5 Å². The Labute approximate surface area is 176 Å². The van der Waals surface area contributed by atoms with E-state index >= 15 is 0 Å². The van der Waals surface area contributed by atoms with E-state index in [0.717, 1.165) is 0 Å². The molecule has 1 aromatic heterocycles. The van der Waals surface area contributed by atoms with Gasteiger partial charge in [-0.3, -0.25) is 0 Å². The second-order valence-corrected chi connectivity index (χ2v) is 6.74. The van der Waals surface area contributed by atoms with E-state index in [2.05, 4.69) is 10.6 Å². The Bertz CT molecular complexity index is 1230. The normalized spacial score (nSPS) is 10.8. The number of halogens is 2. The predicted molar refractivity (Wildman–Crippen MR) is 114 cm³/mol. The molecule has 156 valence electrons. The van der Waals surface area contributed by atoms with Crippen molar-refractivity contribution >= 4 is 22.8 Å². The van der Waals surface area contributed by atoms with Crippen LogP contribution < -0.4 is 10.6 Å². The van der Waals surface area contributed by atoms with Gasteiger partial charge in [0.2, 0.25) is 0 Å². The molecule has 8 heteroatoms. The van der Waals surface area contributed by atoms with Crippen molar-refractivity contribution in [1.29, 1.82) is 0 Å². The molecule has 0 aliphatic rings. The zero-order valence-electron chi connectivity index (χ0n) is 16.3. The second kappa shape index (κ2) is 8.85. The van der Waals surface area contributed by atoms with Gasteiger partial charge < -0.3 is 15.7 Å². The third-order valence-electron chi connectivity index (χ3n) is 4.55. The van der Waals surface area contributed by atoms with Crippen LogP contribution in [0.3, 0.4) is 0 Å². The van der Waals surface area contributed by atoms with Gasteiger partial charge in [-0.25, -0.2) is 23.5 Å². The molecule has 0 atom stereocenters.